The monoisotopic (exact) mass is 488 g/mol. The topological polar surface area (TPSA) is 95.3 Å². The minimum Gasteiger partial charge on any atom is -0.494 e. The fourth-order valence-electron chi connectivity index (χ4n) is 3.56. The predicted molar refractivity (Wildman–Crippen MR) is 135 cm³/mol. The summed E-state index contributed by atoms with van der Waals surface area (Å²) in [5.41, 5.74) is 3.30. The maximum atomic E-state index is 12.9. The molecule has 0 saturated heterocycles. The lowest BCUT2D eigenvalue weighted by Crippen LogP contribution is -2.13. The molecule has 4 aromatic rings. The first kappa shape index (κ1) is 24.0. The fraction of sp³-hybridized carbons (Fsp3) is 0.154. The average Bonchev–Trinajstić information content (AvgIpc) is 3.34. The molecule has 0 bridgehead atoms. The quantitative estimate of drug-likeness (QED) is 0.272. The molecule has 0 unspecified atom stereocenters. The van der Waals surface area contributed by atoms with E-state index in [-0.39, 0.29) is 18.2 Å². The first-order chi connectivity index (χ1) is 17.0. The highest BCUT2D eigenvalue weighted by Crippen LogP contribution is 2.31. The standard InChI is InChI=1S/C26H24N4O4S/c1-4-34-26(32)20-16-22(30(29-20)21-12-5-6-13-23(21)33-2)17-9-7-10-18(15-17)28-24(31)19-11-8-14-27-25(19)35-3/h5-16H,4H2,1-3H3,(H,28,31). The van der Waals surface area contributed by atoms with E-state index in [2.05, 4.69) is 15.4 Å². The van der Waals surface area contributed by atoms with Gasteiger partial charge in [0.25, 0.3) is 5.91 Å². The number of benzene rings is 2. The number of amides is 1. The van der Waals surface area contributed by atoms with E-state index in [9.17, 15) is 9.59 Å². The van der Waals surface area contributed by atoms with Crippen LogP contribution >= 0.6 is 11.8 Å². The molecular weight excluding hydrogens is 464 g/mol. The van der Waals surface area contributed by atoms with Gasteiger partial charge in [0.15, 0.2) is 5.69 Å². The van der Waals surface area contributed by atoms with Crippen molar-refractivity contribution in [1.82, 2.24) is 14.8 Å². The third-order valence-electron chi connectivity index (χ3n) is 5.13. The van der Waals surface area contributed by atoms with Crippen LogP contribution in [0.4, 0.5) is 5.69 Å². The van der Waals surface area contributed by atoms with E-state index < -0.39 is 5.97 Å². The van der Waals surface area contributed by atoms with E-state index in [0.717, 1.165) is 5.56 Å². The number of hydrogen-bond donors (Lipinski definition) is 1. The van der Waals surface area contributed by atoms with Crippen LogP contribution in [0.15, 0.2) is 78.0 Å². The van der Waals surface area contributed by atoms with Gasteiger partial charge < -0.3 is 14.8 Å². The van der Waals surface area contributed by atoms with Crippen molar-refractivity contribution in [2.24, 2.45) is 0 Å². The average molecular weight is 489 g/mol. The van der Waals surface area contributed by atoms with Gasteiger partial charge in [-0.2, -0.15) is 5.10 Å². The van der Waals surface area contributed by atoms with Crippen molar-refractivity contribution in [2.75, 3.05) is 25.3 Å². The van der Waals surface area contributed by atoms with Crippen molar-refractivity contribution < 1.29 is 19.1 Å². The molecule has 9 heteroatoms. The van der Waals surface area contributed by atoms with Gasteiger partial charge in [-0.15, -0.1) is 11.8 Å². The number of aromatic nitrogens is 3. The number of pyridine rings is 1. The predicted octanol–water partition coefficient (Wildman–Crippen LogP) is 5.09. The van der Waals surface area contributed by atoms with Gasteiger partial charge in [-0.1, -0.05) is 24.3 Å². The molecule has 0 atom stereocenters. The highest BCUT2D eigenvalue weighted by atomic mass is 32.2. The number of nitrogens with one attached hydrogen (secondary N) is 1. The summed E-state index contributed by atoms with van der Waals surface area (Å²) in [4.78, 5) is 29.6. The van der Waals surface area contributed by atoms with E-state index in [1.807, 2.05) is 48.7 Å². The van der Waals surface area contributed by atoms with Gasteiger partial charge in [0.2, 0.25) is 0 Å². The molecule has 0 saturated carbocycles. The fourth-order valence-corrected chi connectivity index (χ4v) is 4.11. The van der Waals surface area contributed by atoms with Gasteiger partial charge in [-0.05, 0) is 55.6 Å². The highest BCUT2D eigenvalue weighted by molar-refractivity contribution is 7.98. The Bertz CT molecular complexity index is 1370. The van der Waals surface area contributed by atoms with E-state index >= 15 is 0 Å². The van der Waals surface area contributed by atoms with Gasteiger partial charge in [0.1, 0.15) is 16.5 Å². The number of anilines is 1. The van der Waals surface area contributed by atoms with Crippen molar-refractivity contribution in [3.63, 3.8) is 0 Å². The van der Waals surface area contributed by atoms with Crippen molar-refractivity contribution in [1.29, 1.82) is 0 Å². The van der Waals surface area contributed by atoms with Crippen molar-refractivity contribution in [3.8, 4) is 22.7 Å². The lowest BCUT2D eigenvalue weighted by molar-refractivity contribution is 0.0518. The zero-order chi connectivity index (χ0) is 24.8. The van der Waals surface area contributed by atoms with Gasteiger partial charge in [0.05, 0.1) is 25.0 Å². The number of methoxy groups -OCH3 is 1. The number of rotatable bonds is 8. The van der Waals surface area contributed by atoms with Gasteiger partial charge >= 0.3 is 5.97 Å². The number of hydrogen-bond acceptors (Lipinski definition) is 7. The normalized spacial score (nSPS) is 10.6. The first-order valence-corrected chi connectivity index (χ1v) is 12.1. The summed E-state index contributed by atoms with van der Waals surface area (Å²) in [6, 6.07) is 19.8. The Kier molecular flexibility index (Phi) is 7.47. The molecule has 0 aliphatic rings. The van der Waals surface area contributed by atoms with Crippen LogP contribution in [0, 0.1) is 0 Å². The Labute approximate surface area is 207 Å². The molecule has 0 aliphatic heterocycles. The molecule has 4 rings (SSSR count). The molecular formula is C26H24N4O4S. The smallest absolute Gasteiger partial charge is 0.358 e. The summed E-state index contributed by atoms with van der Waals surface area (Å²) in [7, 11) is 1.58. The van der Waals surface area contributed by atoms with Crippen molar-refractivity contribution in [3.05, 3.63) is 84.2 Å². The second-order valence-corrected chi connectivity index (χ2v) is 8.11. The van der Waals surface area contributed by atoms with Gasteiger partial charge in [-0.25, -0.2) is 14.5 Å². The van der Waals surface area contributed by atoms with E-state index in [0.29, 0.717) is 33.4 Å². The minimum atomic E-state index is -0.520. The maximum Gasteiger partial charge on any atom is 0.358 e. The molecule has 8 nitrogen and oxygen atoms in total. The van der Waals surface area contributed by atoms with Crippen LogP contribution in [0.2, 0.25) is 0 Å². The van der Waals surface area contributed by atoms with Crippen molar-refractivity contribution >= 4 is 29.3 Å². The summed E-state index contributed by atoms with van der Waals surface area (Å²) >= 11 is 1.41. The van der Waals surface area contributed by atoms with Crippen molar-refractivity contribution in [2.45, 2.75) is 11.9 Å². The van der Waals surface area contributed by atoms with E-state index in [4.69, 9.17) is 9.47 Å². The largest absolute Gasteiger partial charge is 0.494 e. The molecule has 0 aliphatic carbocycles. The molecule has 0 spiro atoms. The lowest BCUT2D eigenvalue weighted by Gasteiger charge is -2.13. The van der Waals surface area contributed by atoms with Gasteiger partial charge in [-0.3, -0.25) is 4.79 Å². The molecule has 2 aromatic carbocycles. The number of ether oxygens (including phenoxy) is 2. The summed E-state index contributed by atoms with van der Waals surface area (Å²) in [6.07, 6.45) is 3.53. The Morgan fingerprint density at radius 3 is 2.66 bits per heavy atom. The zero-order valence-corrected chi connectivity index (χ0v) is 20.3. The summed E-state index contributed by atoms with van der Waals surface area (Å²) < 4.78 is 12.3. The van der Waals surface area contributed by atoms with Crippen LogP contribution < -0.4 is 10.1 Å². The molecule has 2 aromatic heterocycles. The van der Waals surface area contributed by atoms with Crippen LogP contribution in [0.3, 0.4) is 0 Å². The Morgan fingerprint density at radius 2 is 1.89 bits per heavy atom. The third-order valence-corrected chi connectivity index (χ3v) is 5.84. The summed E-state index contributed by atoms with van der Waals surface area (Å²) in [5.74, 6) is -0.184. The number of carbonyl (C=O) groups excluding carboxylic acids is 2. The Hall–Kier alpha value is -4.11. The van der Waals surface area contributed by atoms with Crippen LogP contribution in [0.25, 0.3) is 16.9 Å². The van der Waals surface area contributed by atoms with E-state index in [1.165, 1.54) is 11.8 Å². The van der Waals surface area contributed by atoms with Crippen LogP contribution in [0.1, 0.15) is 27.8 Å². The lowest BCUT2D eigenvalue weighted by atomic mass is 10.1. The summed E-state index contributed by atoms with van der Waals surface area (Å²) in [6.45, 7) is 1.98. The molecule has 1 N–H and O–H groups in total. The number of nitrogens with zero attached hydrogens (tertiary/aromatic N) is 3. The second kappa shape index (κ2) is 10.9. The molecule has 0 radical (unpaired) electrons. The van der Waals surface area contributed by atoms with Crippen LogP contribution in [-0.4, -0.2) is 46.6 Å². The van der Waals surface area contributed by atoms with Crippen LogP contribution in [-0.2, 0) is 4.74 Å². The minimum absolute atomic E-state index is 0.169. The number of esters is 1. The Morgan fingerprint density at radius 1 is 1.06 bits per heavy atom. The molecule has 2 heterocycles. The summed E-state index contributed by atoms with van der Waals surface area (Å²) in [5, 5.41) is 8.09. The Balaban J connectivity index is 1.75. The second-order valence-electron chi connectivity index (χ2n) is 7.31. The highest BCUT2D eigenvalue weighted by Gasteiger charge is 2.20. The number of thioether (sulfide) groups is 1. The van der Waals surface area contributed by atoms with Crippen LogP contribution in [0.5, 0.6) is 5.75 Å². The van der Waals surface area contributed by atoms with Gasteiger partial charge in [0, 0.05) is 17.4 Å². The molecule has 1 amide bonds. The third kappa shape index (κ3) is 5.20. The first-order valence-electron chi connectivity index (χ1n) is 10.9. The SMILES string of the molecule is CCOC(=O)c1cc(-c2cccc(NC(=O)c3cccnc3SC)c2)n(-c2ccccc2OC)n1. The number of carbonyl (C=O) groups is 2. The molecule has 178 valence electrons. The maximum absolute atomic E-state index is 12.9. The molecule has 0 fully saturated rings. The van der Waals surface area contributed by atoms with E-state index in [1.54, 1.807) is 49.2 Å². The molecule has 35 heavy (non-hydrogen) atoms. The number of para-hydroxylation sites is 2. The zero-order valence-electron chi connectivity index (χ0n) is 19.5.